The van der Waals surface area contributed by atoms with Crippen LogP contribution >= 0.6 is 0 Å². The van der Waals surface area contributed by atoms with E-state index in [1.165, 1.54) is 17.7 Å². The molecule has 2 N–H and O–H groups in total. The SMILES string of the molecule is CC(c1ccccc1)N1CCC(c2noc3cc(F)ccc23)C1.O=C(O)/C=C/C(=O)O. The lowest BCUT2D eigenvalue weighted by Gasteiger charge is -2.24. The standard InChI is InChI=1S/C19H19FN2O.C4H4O4/c1-13(14-5-3-2-4-6-14)22-10-9-15(12-22)19-17-8-7-16(20)11-18(17)23-21-19;5-3(6)1-2-4(7)8/h2-8,11,13,15H,9-10,12H2,1H3;1-2H,(H,5,6)(H,7,8)/b;2-1+. The van der Waals surface area contributed by atoms with E-state index in [9.17, 15) is 14.0 Å². The van der Waals surface area contributed by atoms with Crippen LogP contribution in [0, 0.1) is 5.82 Å². The third kappa shape index (κ3) is 5.76. The summed E-state index contributed by atoms with van der Waals surface area (Å²) in [4.78, 5) is 21.6. The fourth-order valence-electron chi connectivity index (χ4n) is 3.67. The molecule has 7 nitrogen and oxygen atoms in total. The van der Waals surface area contributed by atoms with Crippen LogP contribution in [0.3, 0.4) is 0 Å². The van der Waals surface area contributed by atoms with Gasteiger partial charge in [-0.1, -0.05) is 35.5 Å². The monoisotopic (exact) mass is 426 g/mol. The van der Waals surface area contributed by atoms with Crippen LogP contribution in [-0.4, -0.2) is 45.3 Å². The number of aromatic nitrogens is 1. The predicted octanol–water partition coefficient (Wildman–Crippen LogP) is 4.23. The van der Waals surface area contributed by atoms with Gasteiger partial charge in [0.2, 0.25) is 0 Å². The Balaban J connectivity index is 0.000000293. The highest BCUT2D eigenvalue weighted by molar-refractivity contribution is 5.89. The first-order valence-electron chi connectivity index (χ1n) is 9.83. The molecule has 0 radical (unpaired) electrons. The third-order valence-electron chi connectivity index (χ3n) is 5.27. The summed E-state index contributed by atoms with van der Waals surface area (Å²) >= 11 is 0. The molecule has 1 saturated heterocycles. The molecule has 0 saturated carbocycles. The van der Waals surface area contributed by atoms with Crippen molar-refractivity contribution in [3.8, 4) is 0 Å². The number of carbonyl (C=O) groups is 2. The Morgan fingerprint density at radius 3 is 2.48 bits per heavy atom. The predicted molar refractivity (Wildman–Crippen MR) is 112 cm³/mol. The van der Waals surface area contributed by atoms with Gasteiger partial charge in [-0.05, 0) is 37.6 Å². The Kier molecular flexibility index (Phi) is 7.15. The number of likely N-dealkylation sites (tertiary alicyclic amines) is 1. The summed E-state index contributed by atoms with van der Waals surface area (Å²) in [6.07, 6.45) is 2.17. The quantitative estimate of drug-likeness (QED) is 0.589. The average molecular weight is 426 g/mol. The third-order valence-corrected chi connectivity index (χ3v) is 5.27. The number of hydrogen-bond donors (Lipinski definition) is 2. The van der Waals surface area contributed by atoms with E-state index >= 15 is 0 Å². The van der Waals surface area contributed by atoms with Gasteiger partial charge in [0.25, 0.3) is 0 Å². The van der Waals surface area contributed by atoms with Crippen molar-refractivity contribution in [1.82, 2.24) is 10.1 Å². The normalized spacial score (nSPS) is 17.4. The van der Waals surface area contributed by atoms with Gasteiger partial charge in [-0.25, -0.2) is 14.0 Å². The van der Waals surface area contributed by atoms with E-state index in [-0.39, 0.29) is 5.82 Å². The van der Waals surface area contributed by atoms with Crippen LogP contribution in [0.1, 0.15) is 36.6 Å². The van der Waals surface area contributed by atoms with E-state index in [4.69, 9.17) is 14.7 Å². The van der Waals surface area contributed by atoms with Crippen LogP contribution < -0.4 is 0 Å². The number of rotatable bonds is 5. The number of carboxylic acids is 2. The first-order chi connectivity index (χ1) is 14.8. The molecule has 162 valence electrons. The minimum atomic E-state index is -1.26. The molecule has 3 aromatic rings. The van der Waals surface area contributed by atoms with Crippen molar-refractivity contribution < 1.29 is 28.7 Å². The largest absolute Gasteiger partial charge is 0.478 e. The van der Waals surface area contributed by atoms with Crippen LogP contribution in [0.5, 0.6) is 0 Å². The molecule has 0 aliphatic carbocycles. The van der Waals surface area contributed by atoms with Gasteiger partial charge in [-0.2, -0.15) is 0 Å². The van der Waals surface area contributed by atoms with Gasteiger partial charge < -0.3 is 14.7 Å². The number of fused-ring (bicyclic) bond motifs is 1. The zero-order valence-electron chi connectivity index (χ0n) is 16.9. The Hall–Kier alpha value is -3.52. The molecule has 2 unspecified atom stereocenters. The first kappa shape index (κ1) is 22.2. The lowest BCUT2D eigenvalue weighted by atomic mass is 10.0. The van der Waals surface area contributed by atoms with Gasteiger partial charge in [0, 0.05) is 42.1 Å². The maximum Gasteiger partial charge on any atom is 0.328 e. The Labute approximate surface area is 178 Å². The number of nitrogens with zero attached hydrogens (tertiary/aromatic N) is 2. The Morgan fingerprint density at radius 1 is 1.16 bits per heavy atom. The molecule has 0 amide bonds. The summed E-state index contributed by atoms with van der Waals surface area (Å²) in [5, 5.41) is 20.8. The molecule has 1 aromatic heterocycles. The van der Waals surface area contributed by atoms with E-state index in [1.807, 2.05) is 6.07 Å². The number of hydrogen-bond acceptors (Lipinski definition) is 5. The molecule has 1 aliphatic heterocycles. The van der Waals surface area contributed by atoms with E-state index in [0.29, 0.717) is 29.7 Å². The summed E-state index contributed by atoms with van der Waals surface area (Å²) in [6.45, 7) is 4.24. The number of carboxylic acid groups (broad SMARTS) is 2. The Bertz CT molecular complexity index is 1060. The van der Waals surface area contributed by atoms with Crippen molar-refractivity contribution in [2.24, 2.45) is 0 Å². The molecule has 8 heteroatoms. The number of benzene rings is 2. The van der Waals surface area contributed by atoms with Crippen LogP contribution in [0.25, 0.3) is 11.0 Å². The lowest BCUT2D eigenvalue weighted by Crippen LogP contribution is -2.24. The second kappa shape index (κ2) is 9.99. The summed E-state index contributed by atoms with van der Waals surface area (Å²) in [6, 6.07) is 15.6. The Morgan fingerprint density at radius 2 is 1.84 bits per heavy atom. The van der Waals surface area contributed by atoms with Gasteiger partial charge >= 0.3 is 11.9 Å². The smallest absolute Gasteiger partial charge is 0.328 e. The topological polar surface area (TPSA) is 104 Å². The van der Waals surface area contributed by atoms with Crippen molar-refractivity contribution in [2.45, 2.75) is 25.3 Å². The highest BCUT2D eigenvalue weighted by Crippen LogP contribution is 2.35. The van der Waals surface area contributed by atoms with Gasteiger partial charge in [0.1, 0.15) is 5.82 Å². The molecular weight excluding hydrogens is 403 g/mol. The molecule has 1 fully saturated rings. The zero-order valence-corrected chi connectivity index (χ0v) is 16.9. The minimum absolute atomic E-state index is 0.286. The van der Waals surface area contributed by atoms with Crippen LogP contribution in [0.15, 0.2) is 65.2 Å². The summed E-state index contributed by atoms with van der Waals surface area (Å²) < 4.78 is 18.6. The van der Waals surface area contributed by atoms with Gasteiger partial charge in [0.15, 0.2) is 5.58 Å². The summed E-state index contributed by atoms with van der Waals surface area (Å²) in [5.74, 6) is -2.46. The second-order valence-corrected chi connectivity index (χ2v) is 7.29. The zero-order chi connectivity index (χ0) is 22.4. The van der Waals surface area contributed by atoms with Crippen molar-refractivity contribution in [1.29, 1.82) is 0 Å². The summed E-state index contributed by atoms with van der Waals surface area (Å²) in [5.41, 5.74) is 2.83. The highest BCUT2D eigenvalue weighted by atomic mass is 19.1. The molecule has 1 aliphatic rings. The fraction of sp³-hybridized carbons (Fsp3) is 0.261. The van der Waals surface area contributed by atoms with Gasteiger partial charge in [-0.15, -0.1) is 0 Å². The molecule has 4 rings (SSSR count). The summed E-state index contributed by atoms with van der Waals surface area (Å²) in [7, 11) is 0. The highest BCUT2D eigenvalue weighted by Gasteiger charge is 2.30. The molecule has 2 atom stereocenters. The van der Waals surface area contributed by atoms with Crippen molar-refractivity contribution in [3.63, 3.8) is 0 Å². The molecule has 0 spiro atoms. The van der Waals surface area contributed by atoms with E-state index in [0.717, 1.165) is 30.6 Å². The van der Waals surface area contributed by atoms with Crippen LogP contribution in [-0.2, 0) is 9.59 Å². The van der Waals surface area contributed by atoms with Crippen molar-refractivity contribution >= 4 is 22.9 Å². The van der Waals surface area contributed by atoms with Gasteiger partial charge in [-0.3, -0.25) is 4.90 Å². The van der Waals surface area contributed by atoms with Crippen LogP contribution in [0.2, 0.25) is 0 Å². The maximum absolute atomic E-state index is 13.3. The molecule has 2 aromatic carbocycles. The molecular formula is C23H23FN2O5. The fourth-order valence-corrected chi connectivity index (χ4v) is 3.67. The molecule has 2 heterocycles. The minimum Gasteiger partial charge on any atom is -0.478 e. The molecule has 31 heavy (non-hydrogen) atoms. The number of halogens is 1. The van der Waals surface area contributed by atoms with E-state index < -0.39 is 11.9 Å². The second-order valence-electron chi connectivity index (χ2n) is 7.29. The van der Waals surface area contributed by atoms with E-state index in [1.54, 1.807) is 6.07 Å². The van der Waals surface area contributed by atoms with Crippen molar-refractivity contribution in [2.75, 3.05) is 13.1 Å². The van der Waals surface area contributed by atoms with Gasteiger partial charge in [0.05, 0.1) is 5.69 Å². The number of aliphatic carboxylic acids is 2. The van der Waals surface area contributed by atoms with E-state index in [2.05, 4.69) is 41.2 Å². The average Bonchev–Trinajstić information content (AvgIpc) is 3.39. The van der Waals surface area contributed by atoms with Crippen LogP contribution in [0.4, 0.5) is 4.39 Å². The first-order valence-corrected chi connectivity index (χ1v) is 9.83. The molecule has 0 bridgehead atoms. The van der Waals surface area contributed by atoms with Crippen molar-refractivity contribution in [3.05, 3.63) is 77.8 Å². The lowest BCUT2D eigenvalue weighted by molar-refractivity contribution is -0.134. The maximum atomic E-state index is 13.3.